The maximum Gasteiger partial charge on any atom is 0.264 e. The van der Waals surface area contributed by atoms with Gasteiger partial charge in [-0.3, -0.25) is 9.59 Å². The van der Waals surface area contributed by atoms with Crippen molar-refractivity contribution in [2.45, 2.75) is 20.3 Å². The number of hydrogen-bond acceptors (Lipinski definition) is 7. The number of nitriles is 1. The molecule has 9 nitrogen and oxygen atoms in total. The fourth-order valence-corrected chi connectivity index (χ4v) is 3.58. The minimum absolute atomic E-state index is 0.113. The summed E-state index contributed by atoms with van der Waals surface area (Å²) in [6.07, 6.45) is 0.787. The Bertz CT molecular complexity index is 1220. The van der Waals surface area contributed by atoms with E-state index < -0.39 is 11.8 Å². The lowest BCUT2D eigenvalue weighted by Crippen LogP contribution is -2.30. The van der Waals surface area contributed by atoms with E-state index in [1.807, 2.05) is 6.07 Å². The van der Waals surface area contributed by atoms with Crippen LogP contribution in [0.5, 0.6) is 17.2 Å². The predicted octanol–water partition coefficient (Wildman–Crippen LogP) is 3.30. The lowest BCUT2D eigenvalue weighted by Gasteiger charge is -2.14. The van der Waals surface area contributed by atoms with Crippen LogP contribution < -0.4 is 24.8 Å². The maximum absolute atomic E-state index is 13.1. The number of fused-ring (bicyclic) bond motifs is 1. The van der Waals surface area contributed by atoms with Crippen LogP contribution in [0, 0.1) is 17.2 Å². The van der Waals surface area contributed by atoms with Crippen LogP contribution in [0.3, 0.4) is 0 Å². The van der Waals surface area contributed by atoms with E-state index in [-0.39, 0.29) is 22.7 Å². The number of carbonyl (C=O) groups is 2. The Hall–Kier alpha value is -4.32. The molecule has 0 aliphatic carbocycles. The zero-order chi connectivity index (χ0) is 25.5. The molecule has 0 unspecified atom stereocenters. The van der Waals surface area contributed by atoms with E-state index in [0.717, 1.165) is 6.42 Å². The van der Waals surface area contributed by atoms with E-state index in [4.69, 9.17) is 14.2 Å². The van der Waals surface area contributed by atoms with Crippen LogP contribution >= 0.6 is 0 Å². The number of nitrogens with one attached hydrogen (secondary N) is 2. The topological polar surface area (TPSA) is 122 Å². The molecule has 3 rings (SSSR count). The average Bonchev–Trinajstić information content (AvgIpc) is 3.21. The van der Waals surface area contributed by atoms with Crippen molar-refractivity contribution < 1.29 is 23.8 Å². The Labute approximate surface area is 204 Å². The van der Waals surface area contributed by atoms with Gasteiger partial charge in [-0.15, -0.1) is 0 Å². The SMILES string of the molecule is COc1cc(C(=O)NC2=NC(=C(C#N)C(=O)NCCC(C)C)c3ccccc32)cc(OC)c1OC. The quantitative estimate of drug-likeness (QED) is 0.445. The van der Waals surface area contributed by atoms with Gasteiger partial charge in [0.2, 0.25) is 5.75 Å². The van der Waals surface area contributed by atoms with Gasteiger partial charge in [-0.1, -0.05) is 38.1 Å². The molecular formula is C26H28N4O5. The van der Waals surface area contributed by atoms with Crippen molar-refractivity contribution in [2.75, 3.05) is 27.9 Å². The zero-order valence-corrected chi connectivity index (χ0v) is 20.4. The Balaban J connectivity index is 1.96. The molecule has 35 heavy (non-hydrogen) atoms. The van der Waals surface area contributed by atoms with Crippen LogP contribution in [0.4, 0.5) is 0 Å². The largest absolute Gasteiger partial charge is 0.493 e. The van der Waals surface area contributed by atoms with E-state index in [1.165, 1.54) is 33.5 Å². The van der Waals surface area contributed by atoms with Gasteiger partial charge in [0.1, 0.15) is 17.5 Å². The van der Waals surface area contributed by atoms with Crippen molar-refractivity contribution in [1.82, 2.24) is 10.6 Å². The van der Waals surface area contributed by atoms with E-state index in [2.05, 4.69) is 29.5 Å². The molecule has 0 radical (unpaired) electrons. The molecule has 9 heteroatoms. The number of amidine groups is 1. The van der Waals surface area contributed by atoms with Gasteiger partial charge < -0.3 is 24.8 Å². The highest BCUT2D eigenvalue weighted by molar-refractivity contribution is 6.20. The first kappa shape index (κ1) is 25.3. The molecule has 0 atom stereocenters. The van der Waals surface area contributed by atoms with Gasteiger partial charge in [0.05, 0.1) is 27.0 Å². The fraction of sp³-hybridized carbons (Fsp3) is 0.308. The van der Waals surface area contributed by atoms with Crippen molar-refractivity contribution >= 4 is 23.3 Å². The van der Waals surface area contributed by atoms with Gasteiger partial charge in [0, 0.05) is 23.2 Å². The van der Waals surface area contributed by atoms with Gasteiger partial charge in [-0.2, -0.15) is 5.26 Å². The predicted molar refractivity (Wildman–Crippen MR) is 132 cm³/mol. The monoisotopic (exact) mass is 476 g/mol. The Morgan fingerprint density at radius 2 is 1.66 bits per heavy atom. The fourth-order valence-electron chi connectivity index (χ4n) is 3.58. The first-order chi connectivity index (χ1) is 16.8. The van der Waals surface area contributed by atoms with Crippen LogP contribution in [0.15, 0.2) is 47.0 Å². The molecular weight excluding hydrogens is 448 g/mol. The molecule has 1 heterocycles. The summed E-state index contributed by atoms with van der Waals surface area (Å²) in [5.41, 5.74) is 1.54. The van der Waals surface area contributed by atoms with Gasteiger partial charge in [0.25, 0.3) is 11.8 Å². The summed E-state index contributed by atoms with van der Waals surface area (Å²) in [5.74, 6) is 0.695. The minimum Gasteiger partial charge on any atom is -0.493 e. The lowest BCUT2D eigenvalue weighted by molar-refractivity contribution is -0.117. The van der Waals surface area contributed by atoms with Crippen LogP contribution in [0.2, 0.25) is 0 Å². The number of hydrogen-bond donors (Lipinski definition) is 2. The van der Waals surface area contributed by atoms with Crippen LogP contribution in [0.25, 0.3) is 5.70 Å². The molecule has 2 aromatic rings. The van der Waals surface area contributed by atoms with Gasteiger partial charge >= 0.3 is 0 Å². The third-order valence-corrected chi connectivity index (χ3v) is 5.40. The lowest BCUT2D eigenvalue weighted by atomic mass is 10.0. The molecule has 2 aromatic carbocycles. The summed E-state index contributed by atoms with van der Waals surface area (Å²) in [4.78, 5) is 30.3. The molecule has 0 spiro atoms. The highest BCUT2D eigenvalue weighted by Gasteiger charge is 2.28. The molecule has 2 amide bonds. The van der Waals surface area contributed by atoms with Crippen molar-refractivity contribution in [1.29, 1.82) is 5.26 Å². The number of carbonyl (C=O) groups excluding carboxylic acids is 2. The second-order valence-corrected chi connectivity index (χ2v) is 8.15. The second-order valence-electron chi connectivity index (χ2n) is 8.15. The number of amides is 2. The summed E-state index contributed by atoms with van der Waals surface area (Å²) in [5, 5.41) is 15.3. The molecule has 1 aliphatic rings. The Morgan fingerprint density at radius 3 is 2.20 bits per heavy atom. The van der Waals surface area contributed by atoms with E-state index in [0.29, 0.717) is 40.8 Å². The third-order valence-electron chi connectivity index (χ3n) is 5.40. The molecule has 0 saturated heterocycles. The Morgan fingerprint density at radius 1 is 1.03 bits per heavy atom. The van der Waals surface area contributed by atoms with E-state index in [9.17, 15) is 14.9 Å². The maximum atomic E-state index is 13.1. The number of ether oxygens (including phenoxy) is 3. The van der Waals surface area contributed by atoms with Crippen molar-refractivity contribution in [3.05, 3.63) is 58.7 Å². The average molecular weight is 477 g/mol. The van der Waals surface area contributed by atoms with Gasteiger partial charge in [-0.25, -0.2) is 4.99 Å². The van der Waals surface area contributed by atoms with Crippen LogP contribution in [-0.4, -0.2) is 45.5 Å². The highest BCUT2D eigenvalue weighted by Crippen LogP contribution is 2.38. The molecule has 2 N–H and O–H groups in total. The molecule has 0 aromatic heterocycles. The van der Waals surface area contributed by atoms with Crippen molar-refractivity contribution in [3.8, 4) is 23.3 Å². The van der Waals surface area contributed by atoms with Crippen molar-refractivity contribution in [3.63, 3.8) is 0 Å². The first-order valence-corrected chi connectivity index (χ1v) is 11.1. The number of aliphatic imine (C=N–C) groups is 1. The first-order valence-electron chi connectivity index (χ1n) is 11.1. The Kier molecular flexibility index (Phi) is 8.10. The summed E-state index contributed by atoms with van der Waals surface area (Å²) < 4.78 is 16.0. The number of rotatable bonds is 8. The molecule has 0 bridgehead atoms. The van der Waals surface area contributed by atoms with Gasteiger partial charge in [-0.05, 0) is 24.5 Å². The second kappa shape index (κ2) is 11.2. The standard InChI is InChI=1S/C26H28N4O5/c1-15(2)10-11-28-26(32)19(14-27)22-17-8-6-7-9-18(17)24(29-22)30-25(31)16-12-20(33-3)23(35-5)21(13-16)34-4/h6-9,12-13,15H,10-11H2,1-5H3,(H,28,32)(H,29,30,31). The van der Waals surface area contributed by atoms with E-state index >= 15 is 0 Å². The minimum atomic E-state index is -0.501. The summed E-state index contributed by atoms with van der Waals surface area (Å²) in [6, 6.07) is 12.1. The third kappa shape index (κ3) is 5.44. The summed E-state index contributed by atoms with van der Waals surface area (Å²) >= 11 is 0. The number of benzene rings is 2. The summed E-state index contributed by atoms with van der Waals surface area (Å²) in [6.45, 7) is 4.55. The molecule has 0 fully saturated rings. The van der Waals surface area contributed by atoms with Crippen LogP contribution in [0.1, 0.15) is 41.8 Å². The number of methoxy groups -OCH3 is 3. The van der Waals surface area contributed by atoms with Crippen molar-refractivity contribution in [2.24, 2.45) is 10.9 Å². The van der Waals surface area contributed by atoms with Crippen LogP contribution in [-0.2, 0) is 4.79 Å². The molecule has 182 valence electrons. The summed E-state index contributed by atoms with van der Waals surface area (Å²) in [7, 11) is 4.40. The zero-order valence-electron chi connectivity index (χ0n) is 20.4. The number of nitrogens with zero attached hydrogens (tertiary/aromatic N) is 2. The molecule has 0 saturated carbocycles. The normalized spacial score (nSPS) is 13.3. The highest BCUT2D eigenvalue weighted by atomic mass is 16.5. The van der Waals surface area contributed by atoms with Gasteiger partial charge in [0.15, 0.2) is 11.5 Å². The smallest absolute Gasteiger partial charge is 0.264 e. The molecule has 1 aliphatic heterocycles. The van der Waals surface area contributed by atoms with E-state index in [1.54, 1.807) is 24.3 Å².